The van der Waals surface area contributed by atoms with Gasteiger partial charge in [-0.15, -0.1) is 0 Å². The molecular weight excluding hydrogens is 202 g/mol. The molecule has 0 aliphatic rings. The third-order valence-corrected chi connectivity index (χ3v) is 2.52. The van der Waals surface area contributed by atoms with E-state index in [1.807, 2.05) is 37.5 Å². The molecule has 0 bridgehead atoms. The number of fused-ring (bicyclic) bond motifs is 1. The Morgan fingerprint density at radius 3 is 2.94 bits per heavy atom. The van der Waals surface area contributed by atoms with Crippen LogP contribution in [0.25, 0.3) is 17.0 Å². The molecule has 2 aromatic rings. The Morgan fingerprint density at radius 2 is 2.19 bits per heavy atom. The number of esters is 1. The second-order valence-electron chi connectivity index (χ2n) is 3.60. The summed E-state index contributed by atoms with van der Waals surface area (Å²) in [6.45, 7) is 0. The van der Waals surface area contributed by atoms with Crippen molar-refractivity contribution in [3.05, 3.63) is 42.1 Å². The molecule has 0 aliphatic heterocycles. The van der Waals surface area contributed by atoms with E-state index in [1.54, 1.807) is 6.08 Å². The average molecular weight is 215 g/mol. The van der Waals surface area contributed by atoms with Crippen molar-refractivity contribution >= 4 is 22.9 Å². The summed E-state index contributed by atoms with van der Waals surface area (Å²) in [5.41, 5.74) is 2.17. The molecule has 0 spiro atoms. The van der Waals surface area contributed by atoms with E-state index < -0.39 is 0 Å². The zero-order chi connectivity index (χ0) is 11.5. The van der Waals surface area contributed by atoms with Crippen LogP contribution in [-0.2, 0) is 16.6 Å². The molecule has 82 valence electrons. The van der Waals surface area contributed by atoms with Crippen LogP contribution in [0.2, 0.25) is 0 Å². The number of carbonyl (C=O) groups is 1. The highest BCUT2D eigenvalue weighted by Crippen LogP contribution is 2.17. The van der Waals surface area contributed by atoms with Gasteiger partial charge < -0.3 is 9.30 Å². The Morgan fingerprint density at radius 1 is 1.38 bits per heavy atom. The van der Waals surface area contributed by atoms with Crippen molar-refractivity contribution in [3.8, 4) is 0 Å². The van der Waals surface area contributed by atoms with Crippen LogP contribution in [0.1, 0.15) is 5.56 Å². The first kappa shape index (κ1) is 10.5. The number of hydrogen-bond donors (Lipinski definition) is 0. The van der Waals surface area contributed by atoms with Crippen molar-refractivity contribution in [2.24, 2.45) is 7.05 Å². The lowest BCUT2D eigenvalue weighted by Gasteiger charge is -1.97. The summed E-state index contributed by atoms with van der Waals surface area (Å²) in [5, 5.41) is 1.16. The van der Waals surface area contributed by atoms with Gasteiger partial charge in [0.1, 0.15) is 0 Å². The van der Waals surface area contributed by atoms with Gasteiger partial charge in [0.2, 0.25) is 0 Å². The largest absolute Gasteiger partial charge is 0.466 e. The van der Waals surface area contributed by atoms with Crippen molar-refractivity contribution in [2.45, 2.75) is 0 Å². The molecule has 1 heterocycles. The molecule has 2 rings (SSSR count). The highest BCUT2D eigenvalue weighted by Gasteiger charge is 1.98. The summed E-state index contributed by atoms with van der Waals surface area (Å²) >= 11 is 0. The first-order valence-electron chi connectivity index (χ1n) is 5.02. The second kappa shape index (κ2) is 4.23. The number of aryl methyl sites for hydroxylation is 1. The maximum Gasteiger partial charge on any atom is 0.330 e. The van der Waals surface area contributed by atoms with Gasteiger partial charge in [0, 0.05) is 30.2 Å². The highest BCUT2D eigenvalue weighted by molar-refractivity contribution is 5.89. The standard InChI is InChI=1S/C13H13NO2/c1-14-8-7-11-9-10(3-5-12(11)14)4-6-13(15)16-2/h3-9H,1-2H3. The maximum absolute atomic E-state index is 10.9. The Balaban J connectivity index is 2.33. The summed E-state index contributed by atoms with van der Waals surface area (Å²) in [5.74, 6) is -0.340. The number of rotatable bonds is 2. The van der Waals surface area contributed by atoms with Gasteiger partial charge in [-0.2, -0.15) is 0 Å². The van der Waals surface area contributed by atoms with Gasteiger partial charge >= 0.3 is 5.97 Å². The van der Waals surface area contributed by atoms with Crippen molar-refractivity contribution in [3.63, 3.8) is 0 Å². The molecular formula is C13H13NO2. The van der Waals surface area contributed by atoms with E-state index in [0.29, 0.717) is 0 Å². The van der Waals surface area contributed by atoms with E-state index in [0.717, 1.165) is 10.9 Å². The van der Waals surface area contributed by atoms with Gasteiger partial charge in [-0.05, 0) is 29.8 Å². The molecule has 3 nitrogen and oxygen atoms in total. The van der Waals surface area contributed by atoms with Gasteiger partial charge in [-0.3, -0.25) is 0 Å². The predicted octanol–water partition coefficient (Wildman–Crippen LogP) is 2.36. The molecule has 1 aromatic heterocycles. The Bertz CT molecular complexity index is 552. The van der Waals surface area contributed by atoms with Crippen LogP contribution < -0.4 is 0 Å². The zero-order valence-electron chi connectivity index (χ0n) is 9.31. The molecule has 0 atom stereocenters. The van der Waals surface area contributed by atoms with Gasteiger partial charge in [-0.1, -0.05) is 6.07 Å². The number of methoxy groups -OCH3 is 1. The lowest BCUT2D eigenvalue weighted by atomic mass is 10.1. The Labute approximate surface area is 93.9 Å². The molecule has 0 amide bonds. The SMILES string of the molecule is COC(=O)C=Cc1ccc2c(ccn2C)c1. The first-order valence-corrected chi connectivity index (χ1v) is 5.02. The maximum atomic E-state index is 10.9. The number of carbonyl (C=O) groups excluding carboxylic acids is 1. The zero-order valence-corrected chi connectivity index (χ0v) is 9.31. The fraction of sp³-hybridized carbons (Fsp3) is 0.154. The Hall–Kier alpha value is -2.03. The molecule has 0 fully saturated rings. The molecule has 3 heteroatoms. The predicted molar refractivity (Wildman–Crippen MR) is 64.0 cm³/mol. The van der Waals surface area contributed by atoms with Gasteiger partial charge in [0.15, 0.2) is 0 Å². The molecule has 16 heavy (non-hydrogen) atoms. The third kappa shape index (κ3) is 1.98. The lowest BCUT2D eigenvalue weighted by Crippen LogP contribution is -1.93. The van der Waals surface area contributed by atoms with Crippen LogP contribution in [0.3, 0.4) is 0 Å². The summed E-state index contributed by atoms with van der Waals surface area (Å²) in [4.78, 5) is 10.9. The number of nitrogens with zero attached hydrogens (tertiary/aromatic N) is 1. The van der Waals surface area contributed by atoms with Crippen LogP contribution in [0.5, 0.6) is 0 Å². The molecule has 0 aliphatic carbocycles. The van der Waals surface area contributed by atoms with E-state index in [-0.39, 0.29) is 5.97 Å². The van der Waals surface area contributed by atoms with E-state index in [4.69, 9.17) is 0 Å². The van der Waals surface area contributed by atoms with Crippen LogP contribution in [0.4, 0.5) is 0 Å². The van der Waals surface area contributed by atoms with Crippen molar-refractivity contribution in [1.82, 2.24) is 4.57 Å². The van der Waals surface area contributed by atoms with Crippen LogP contribution in [0.15, 0.2) is 36.5 Å². The molecule has 0 saturated carbocycles. The van der Waals surface area contributed by atoms with Crippen LogP contribution >= 0.6 is 0 Å². The monoisotopic (exact) mass is 215 g/mol. The quantitative estimate of drug-likeness (QED) is 0.569. The average Bonchev–Trinajstić information content (AvgIpc) is 2.67. The van der Waals surface area contributed by atoms with Gasteiger partial charge in [0.25, 0.3) is 0 Å². The smallest absolute Gasteiger partial charge is 0.330 e. The van der Waals surface area contributed by atoms with E-state index in [9.17, 15) is 4.79 Å². The normalized spacial score (nSPS) is 11.1. The van der Waals surface area contributed by atoms with Crippen molar-refractivity contribution in [1.29, 1.82) is 0 Å². The Kier molecular flexibility index (Phi) is 2.77. The summed E-state index contributed by atoms with van der Waals surface area (Å²) < 4.78 is 6.59. The summed E-state index contributed by atoms with van der Waals surface area (Å²) in [7, 11) is 3.37. The minimum Gasteiger partial charge on any atom is -0.466 e. The van der Waals surface area contributed by atoms with Gasteiger partial charge in [-0.25, -0.2) is 4.79 Å². The topological polar surface area (TPSA) is 31.2 Å². The van der Waals surface area contributed by atoms with E-state index in [1.165, 1.54) is 18.7 Å². The van der Waals surface area contributed by atoms with E-state index in [2.05, 4.69) is 9.30 Å². The molecule has 0 unspecified atom stereocenters. The first-order chi connectivity index (χ1) is 7.70. The highest BCUT2D eigenvalue weighted by atomic mass is 16.5. The molecule has 0 N–H and O–H groups in total. The summed E-state index contributed by atoms with van der Waals surface area (Å²) in [6, 6.07) is 8.09. The van der Waals surface area contributed by atoms with Crippen LogP contribution in [-0.4, -0.2) is 17.6 Å². The minimum absolute atomic E-state index is 0.340. The number of aromatic nitrogens is 1. The minimum atomic E-state index is -0.340. The lowest BCUT2D eigenvalue weighted by molar-refractivity contribution is -0.134. The fourth-order valence-electron chi connectivity index (χ4n) is 1.64. The summed E-state index contributed by atoms with van der Waals surface area (Å²) in [6.07, 6.45) is 5.18. The molecule has 0 radical (unpaired) electrons. The van der Waals surface area contributed by atoms with Crippen molar-refractivity contribution in [2.75, 3.05) is 7.11 Å². The number of hydrogen-bond acceptors (Lipinski definition) is 2. The van der Waals surface area contributed by atoms with Crippen LogP contribution in [0, 0.1) is 0 Å². The van der Waals surface area contributed by atoms with Crippen molar-refractivity contribution < 1.29 is 9.53 Å². The third-order valence-electron chi connectivity index (χ3n) is 2.52. The number of benzene rings is 1. The van der Waals surface area contributed by atoms with Gasteiger partial charge in [0.05, 0.1) is 7.11 Å². The molecule has 0 saturated heterocycles. The second-order valence-corrected chi connectivity index (χ2v) is 3.60. The molecule has 1 aromatic carbocycles. The number of ether oxygens (including phenoxy) is 1. The van der Waals surface area contributed by atoms with E-state index >= 15 is 0 Å². The fourth-order valence-corrected chi connectivity index (χ4v) is 1.64.